The predicted octanol–water partition coefficient (Wildman–Crippen LogP) is 3.75. The molecule has 2 aromatic rings. The smallest absolute Gasteiger partial charge is 0.225 e. The maximum atomic E-state index is 13.2. The molecule has 1 saturated heterocycles. The average Bonchev–Trinajstić information content (AvgIpc) is 3.23. The number of benzene rings is 2. The highest BCUT2D eigenvalue weighted by molar-refractivity contribution is 5.83. The number of hydrogen-bond acceptors (Lipinski definition) is 4. The van der Waals surface area contributed by atoms with E-state index >= 15 is 0 Å². The number of rotatable bonds is 8. The summed E-state index contributed by atoms with van der Waals surface area (Å²) in [7, 11) is 3.14. The zero-order chi connectivity index (χ0) is 23.3. The van der Waals surface area contributed by atoms with Crippen LogP contribution in [0.4, 0.5) is 4.39 Å². The summed E-state index contributed by atoms with van der Waals surface area (Å²) in [5, 5.41) is 2.96. The first kappa shape index (κ1) is 23.6. The number of nitrogens with zero attached hydrogens (tertiary/aromatic N) is 1. The molecule has 0 spiro atoms. The van der Waals surface area contributed by atoms with Gasteiger partial charge in [-0.25, -0.2) is 4.39 Å². The van der Waals surface area contributed by atoms with Crippen LogP contribution in [-0.2, 0) is 16.1 Å². The van der Waals surface area contributed by atoms with Crippen molar-refractivity contribution in [2.75, 3.05) is 27.3 Å². The fraction of sp³-hybridized carbons (Fsp3) is 0.440. The Hall–Kier alpha value is -3.09. The highest BCUT2D eigenvalue weighted by Crippen LogP contribution is 2.42. The summed E-state index contributed by atoms with van der Waals surface area (Å²) in [4.78, 5) is 27.8. The van der Waals surface area contributed by atoms with Gasteiger partial charge >= 0.3 is 0 Å². The van der Waals surface area contributed by atoms with Crippen LogP contribution >= 0.6 is 0 Å². The third kappa shape index (κ3) is 5.39. The van der Waals surface area contributed by atoms with Crippen molar-refractivity contribution in [1.29, 1.82) is 0 Å². The van der Waals surface area contributed by atoms with Crippen molar-refractivity contribution in [3.63, 3.8) is 0 Å². The van der Waals surface area contributed by atoms with E-state index < -0.39 is 5.92 Å². The van der Waals surface area contributed by atoms with Crippen molar-refractivity contribution in [1.82, 2.24) is 10.2 Å². The molecule has 1 N–H and O–H groups in total. The number of carbonyl (C=O) groups is 2. The van der Waals surface area contributed by atoms with Gasteiger partial charge in [0.15, 0.2) is 11.5 Å². The molecule has 1 heterocycles. The summed E-state index contributed by atoms with van der Waals surface area (Å²) in [6.07, 6.45) is 0.436. The minimum Gasteiger partial charge on any atom is -0.493 e. The van der Waals surface area contributed by atoms with Gasteiger partial charge in [-0.1, -0.05) is 38.1 Å². The summed E-state index contributed by atoms with van der Waals surface area (Å²) >= 11 is 0. The molecular formula is C25H31FN2O4. The van der Waals surface area contributed by atoms with Crippen LogP contribution in [0.25, 0.3) is 0 Å². The molecule has 2 aromatic carbocycles. The van der Waals surface area contributed by atoms with Gasteiger partial charge in [-0.2, -0.15) is 0 Å². The molecule has 0 aromatic heterocycles. The molecule has 2 atom stereocenters. The highest BCUT2D eigenvalue weighted by atomic mass is 19.1. The van der Waals surface area contributed by atoms with Crippen molar-refractivity contribution >= 4 is 11.8 Å². The Kier molecular flexibility index (Phi) is 7.72. The molecule has 3 rings (SSSR count). The standard InChI is InChI=1S/C25H31FN2O4/c1-16(2)12-23(29)28-14-20(19-6-5-7-22(31-3)24(19)32-4)21(15-28)25(30)27-13-17-8-10-18(26)11-9-17/h5-11,16,20-21H,12-15H2,1-4H3,(H,27,30). The summed E-state index contributed by atoms with van der Waals surface area (Å²) in [6.45, 7) is 5.07. The second kappa shape index (κ2) is 10.5. The zero-order valence-electron chi connectivity index (χ0n) is 19.1. The van der Waals surface area contributed by atoms with E-state index in [1.54, 1.807) is 31.3 Å². The number of ether oxygens (including phenoxy) is 2. The molecule has 2 amide bonds. The molecule has 1 aliphatic rings. The lowest BCUT2D eigenvalue weighted by molar-refractivity contribution is -0.131. The lowest BCUT2D eigenvalue weighted by atomic mass is 9.87. The minimum absolute atomic E-state index is 0.0423. The molecule has 1 aliphatic heterocycles. The van der Waals surface area contributed by atoms with E-state index in [0.717, 1.165) is 11.1 Å². The fourth-order valence-corrected chi connectivity index (χ4v) is 4.19. The molecule has 6 nitrogen and oxygen atoms in total. The molecular weight excluding hydrogens is 411 g/mol. The maximum Gasteiger partial charge on any atom is 0.225 e. The number of amides is 2. The van der Waals surface area contributed by atoms with Crippen LogP contribution in [0.15, 0.2) is 42.5 Å². The molecule has 7 heteroatoms. The topological polar surface area (TPSA) is 67.9 Å². The number of nitrogens with one attached hydrogen (secondary N) is 1. The van der Waals surface area contributed by atoms with E-state index in [1.165, 1.54) is 12.1 Å². The van der Waals surface area contributed by atoms with Crippen molar-refractivity contribution in [2.24, 2.45) is 11.8 Å². The lowest BCUT2D eigenvalue weighted by Crippen LogP contribution is -2.35. The van der Waals surface area contributed by atoms with E-state index in [1.807, 2.05) is 32.0 Å². The number of para-hydroxylation sites is 1. The number of likely N-dealkylation sites (tertiary alicyclic amines) is 1. The van der Waals surface area contributed by atoms with Crippen molar-refractivity contribution < 1.29 is 23.5 Å². The average molecular weight is 443 g/mol. The molecule has 2 unspecified atom stereocenters. The summed E-state index contributed by atoms with van der Waals surface area (Å²) < 4.78 is 24.2. The Morgan fingerprint density at radius 3 is 2.44 bits per heavy atom. The molecule has 0 radical (unpaired) electrons. The van der Waals surface area contributed by atoms with Crippen LogP contribution in [-0.4, -0.2) is 44.0 Å². The largest absolute Gasteiger partial charge is 0.493 e. The van der Waals surface area contributed by atoms with Gasteiger partial charge in [0.2, 0.25) is 11.8 Å². The third-order valence-corrected chi connectivity index (χ3v) is 5.81. The molecule has 1 fully saturated rings. The van der Waals surface area contributed by atoms with Crippen LogP contribution in [0, 0.1) is 17.7 Å². The van der Waals surface area contributed by atoms with Gasteiger partial charge in [0, 0.05) is 37.5 Å². The monoisotopic (exact) mass is 442 g/mol. The third-order valence-electron chi connectivity index (χ3n) is 5.81. The molecule has 0 aliphatic carbocycles. The van der Waals surface area contributed by atoms with Gasteiger partial charge in [0.25, 0.3) is 0 Å². The second-order valence-electron chi connectivity index (χ2n) is 8.54. The van der Waals surface area contributed by atoms with Crippen LogP contribution in [0.3, 0.4) is 0 Å². The summed E-state index contributed by atoms with van der Waals surface area (Å²) in [5.74, 6) is 0.303. The fourth-order valence-electron chi connectivity index (χ4n) is 4.19. The van der Waals surface area contributed by atoms with E-state index in [4.69, 9.17) is 9.47 Å². The van der Waals surface area contributed by atoms with Crippen molar-refractivity contribution in [2.45, 2.75) is 32.7 Å². The Morgan fingerprint density at radius 2 is 1.81 bits per heavy atom. The van der Waals surface area contributed by atoms with E-state index in [-0.39, 0.29) is 36.0 Å². The first-order valence-corrected chi connectivity index (χ1v) is 10.8. The van der Waals surface area contributed by atoms with Crippen LogP contribution in [0.2, 0.25) is 0 Å². The SMILES string of the molecule is COc1cccc(C2CN(C(=O)CC(C)C)CC2C(=O)NCc2ccc(F)cc2)c1OC. The minimum atomic E-state index is -0.437. The molecule has 172 valence electrons. The predicted molar refractivity (Wildman–Crippen MR) is 120 cm³/mol. The number of carbonyl (C=O) groups excluding carboxylic acids is 2. The van der Waals surface area contributed by atoms with Gasteiger partial charge in [-0.15, -0.1) is 0 Å². The summed E-state index contributed by atoms with van der Waals surface area (Å²) in [6, 6.07) is 11.6. The van der Waals surface area contributed by atoms with E-state index in [2.05, 4.69) is 5.32 Å². The zero-order valence-corrected chi connectivity index (χ0v) is 19.1. The van der Waals surface area contributed by atoms with Gasteiger partial charge in [0.05, 0.1) is 20.1 Å². The maximum absolute atomic E-state index is 13.2. The van der Waals surface area contributed by atoms with Crippen molar-refractivity contribution in [3.05, 3.63) is 59.4 Å². The summed E-state index contributed by atoms with van der Waals surface area (Å²) in [5.41, 5.74) is 1.65. The van der Waals surface area contributed by atoms with Gasteiger partial charge in [-0.05, 0) is 29.7 Å². The van der Waals surface area contributed by atoms with Crippen LogP contribution in [0.1, 0.15) is 37.3 Å². The molecule has 32 heavy (non-hydrogen) atoms. The molecule has 0 bridgehead atoms. The number of halogens is 1. The van der Waals surface area contributed by atoms with Gasteiger partial charge in [0.1, 0.15) is 5.82 Å². The van der Waals surface area contributed by atoms with Crippen molar-refractivity contribution in [3.8, 4) is 11.5 Å². The first-order valence-electron chi connectivity index (χ1n) is 10.8. The number of methoxy groups -OCH3 is 2. The Morgan fingerprint density at radius 1 is 1.09 bits per heavy atom. The number of hydrogen-bond donors (Lipinski definition) is 1. The van der Waals surface area contributed by atoms with Crippen LogP contribution < -0.4 is 14.8 Å². The molecule has 0 saturated carbocycles. The normalized spacial score (nSPS) is 18.0. The lowest BCUT2D eigenvalue weighted by Gasteiger charge is -2.21. The highest BCUT2D eigenvalue weighted by Gasteiger charge is 2.41. The Bertz CT molecular complexity index is 945. The van der Waals surface area contributed by atoms with Crippen LogP contribution in [0.5, 0.6) is 11.5 Å². The Labute approximate surface area is 188 Å². The first-order chi connectivity index (χ1) is 15.3. The quantitative estimate of drug-likeness (QED) is 0.676. The second-order valence-corrected chi connectivity index (χ2v) is 8.54. The van der Waals surface area contributed by atoms with Gasteiger partial charge in [-0.3, -0.25) is 9.59 Å². The van der Waals surface area contributed by atoms with E-state index in [9.17, 15) is 14.0 Å². The van der Waals surface area contributed by atoms with E-state index in [0.29, 0.717) is 31.0 Å². The van der Waals surface area contributed by atoms with Gasteiger partial charge < -0.3 is 19.7 Å². The Balaban J connectivity index is 1.85.